The quantitative estimate of drug-likeness (QED) is 0.817. The molecular weight excluding hydrogens is 286 g/mol. The number of carboxylic acids is 1. The highest BCUT2D eigenvalue weighted by Gasteiger charge is 2.49. The van der Waals surface area contributed by atoms with Gasteiger partial charge in [-0.25, -0.2) is 28.3 Å². The molecule has 7 heteroatoms. The van der Waals surface area contributed by atoms with Gasteiger partial charge in [-0.2, -0.15) is 0 Å². The summed E-state index contributed by atoms with van der Waals surface area (Å²) in [5, 5.41) is 9.62. The Bertz CT molecular complexity index is 918. The topological polar surface area (TPSA) is 86.2 Å². The highest BCUT2D eigenvalue weighted by molar-refractivity contribution is 5.79. The van der Waals surface area contributed by atoms with Crippen LogP contribution in [0, 0.1) is 0 Å². The van der Waals surface area contributed by atoms with Gasteiger partial charge in [-0.05, 0) is 31.1 Å². The van der Waals surface area contributed by atoms with Crippen LogP contribution in [0.1, 0.15) is 18.9 Å². The van der Waals surface area contributed by atoms with Gasteiger partial charge in [-0.15, -0.1) is 0 Å². The molecule has 1 N–H and O–H groups in total. The van der Waals surface area contributed by atoms with Crippen molar-refractivity contribution in [3.63, 3.8) is 0 Å². The van der Waals surface area contributed by atoms with E-state index in [1.54, 1.807) is 36.4 Å². The molecule has 0 saturated carbocycles. The smallest absolute Gasteiger partial charge is 0.353 e. The molecule has 1 aromatic heterocycles. The molecule has 0 spiro atoms. The number of aromatic nitrogens is 3. The van der Waals surface area contributed by atoms with Crippen molar-refractivity contribution in [2.24, 2.45) is 0 Å². The van der Waals surface area contributed by atoms with Crippen molar-refractivity contribution in [1.29, 1.82) is 0 Å². The lowest BCUT2D eigenvalue weighted by atomic mass is 9.83. The van der Waals surface area contributed by atoms with Crippen LogP contribution in [-0.2, 0) is 10.3 Å². The van der Waals surface area contributed by atoms with E-state index >= 15 is 0 Å². The minimum Gasteiger partial charge on any atom is -0.479 e. The predicted molar refractivity (Wildman–Crippen MR) is 77.3 cm³/mol. The maximum absolute atomic E-state index is 12.7. The Hall–Kier alpha value is -2.83. The number of benzene rings is 1. The molecule has 112 valence electrons. The average molecular weight is 299 g/mol. The average Bonchev–Trinajstić information content (AvgIpc) is 2.83. The van der Waals surface area contributed by atoms with Gasteiger partial charge in [0, 0.05) is 0 Å². The van der Waals surface area contributed by atoms with Crippen molar-refractivity contribution in [2.75, 3.05) is 0 Å². The molecule has 1 aliphatic carbocycles. The second-order valence-electron chi connectivity index (χ2n) is 5.59. The second kappa shape index (κ2) is 4.09. The van der Waals surface area contributed by atoms with Crippen molar-refractivity contribution in [3.8, 4) is 5.69 Å². The number of rotatable bonds is 2. The third-order valence-corrected chi connectivity index (χ3v) is 4.47. The van der Waals surface area contributed by atoms with Crippen molar-refractivity contribution in [3.05, 3.63) is 63.5 Å². The van der Waals surface area contributed by atoms with Gasteiger partial charge >= 0.3 is 17.3 Å². The molecule has 7 nitrogen and oxygen atoms in total. The molecule has 2 aromatic rings. The van der Waals surface area contributed by atoms with Crippen LogP contribution in [0.2, 0.25) is 0 Å². The van der Waals surface area contributed by atoms with E-state index in [-0.39, 0.29) is 6.04 Å². The SMILES string of the molecule is O=C(O)C12C=CC(CC1)n1c(=O)n(-c3ccccc3)c(=O)n12. The van der Waals surface area contributed by atoms with E-state index in [9.17, 15) is 19.5 Å². The number of para-hydroxylation sites is 1. The maximum atomic E-state index is 12.7. The normalized spacial score (nSPS) is 25.2. The number of carboxylic acid groups (broad SMARTS) is 1. The first kappa shape index (κ1) is 12.9. The number of nitrogens with zero attached hydrogens (tertiary/aromatic N) is 3. The highest BCUT2D eigenvalue weighted by Crippen LogP contribution is 2.38. The van der Waals surface area contributed by atoms with E-state index in [0.717, 1.165) is 9.25 Å². The molecule has 22 heavy (non-hydrogen) atoms. The Morgan fingerprint density at radius 1 is 1.18 bits per heavy atom. The lowest BCUT2D eigenvalue weighted by Crippen LogP contribution is -2.55. The molecular formula is C15H13N3O4. The molecule has 0 amide bonds. The van der Waals surface area contributed by atoms with Crippen molar-refractivity contribution < 1.29 is 9.90 Å². The molecule has 2 aliphatic heterocycles. The van der Waals surface area contributed by atoms with E-state index in [1.165, 1.54) is 10.8 Å². The third-order valence-electron chi connectivity index (χ3n) is 4.47. The summed E-state index contributed by atoms with van der Waals surface area (Å²) >= 11 is 0. The number of hydrogen-bond acceptors (Lipinski definition) is 3. The van der Waals surface area contributed by atoms with Gasteiger partial charge in [0.05, 0.1) is 11.7 Å². The standard InChI is InChI=1S/C15H13N3O4/c19-12(20)15-8-6-11(7-9-15)17-13(21)16(14(22)18(15)17)10-4-2-1-3-5-10/h1-6,8,11H,7,9H2,(H,19,20). The van der Waals surface area contributed by atoms with Crippen LogP contribution in [-0.4, -0.2) is 25.0 Å². The van der Waals surface area contributed by atoms with Gasteiger partial charge in [0.15, 0.2) is 5.54 Å². The second-order valence-corrected chi connectivity index (χ2v) is 5.59. The van der Waals surface area contributed by atoms with Gasteiger partial charge in [0.25, 0.3) is 0 Å². The highest BCUT2D eigenvalue weighted by atomic mass is 16.4. The summed E-state index contributed by atoms with van der Waals surface area (Å²) in [4.78, 5) is 37.2. The van der Waals surface area contributed by atoms with E-state index in [4.69, 9.17) is 0 Å². The first-order valence-electron chi connectivity index (χ1n) is 7.01. The summed E-state index contributed by atoms with van der Waals surface area (Å²) in [5.74, 6) is -1.12. The minimum absolute atomic E-state index is 0.272. The van der Waals surface area contributed by atoms with Crippen LogP contribution < -0.4 is 11.4 Å². The zero-order valence-electron chi connectivity index (χ0n) is 11.5. The number of carbonyl (C=O) groups is 1. The summed E-state index contributed by atoms with van der Waals surface area (Å²) in [6.07, 6.45) is 4.07. The summed E-state index contributed by atoms with van der Waals surface area (Å²) in [7, 11) is 0. The monoisotopic (exact) mass is 299 g/mol. The molecule has 2 unspecified atom stereocenters. The number of fused-ring (bicyclic) bond motifs is 1. The number of hydrogen-bond donors (Lipinski definition) is 1. The predicted octanol–water partition coefficient (Wildman–Crippen LogP) is 0.485. The summed E-state index contributed by atoms with van der Waals surface area (Å²) in [5.41, 5.74) is -2.15. The van der Waals surface area contributed by atoms with Crippen molar-refractivity contribution in [2.45, 2.75) is 24.4 Å². The molecule has 0 radical (unpaired) electrons. The molecule has 1 aromatic carbocycles. The third kappa shape index (κ3) is 1.37. The zero-order chi connectivity index (χ0) is 15.5. The largest absolute Gasteiger partial charge is 0.479 e. The van der Waals surface area contributed by atoms with Gasteiger partial charge in [-0.3, -0.25) is 0 Å². The van der Waals surface area contributed by atoms with Crippen LogP contribution in [0.3, 0.4) is 0 Å². The zero-order valence-corrected chi connectivity index (χ0v) is 11.5. The fourth-order valence-corrected chi connectivity index (χ4v) is 3.37. The first-order chi connectivity index (χ1) is 10.6. The van der Waals surface area contributed by atoms with E-state index in [0.29, 0.717) is 18.5 Å². The number of aliphatic carboxylic acids is 1. The van der Waals surface area contributed by atoms with Crippen LogP contribution in [0.4, 0.5) is 0 Å². The Kier molecular flexibility index (Phi) is 2.40. The van der Waals surface area contributed by atoms with Gasteiger partial charge in [0.1, 0.15) is 0 Å². The van der Waals surface area contributed by atoms with E-state index in [2.05, 4.69) is 0 Å². The lowest BCUT2D eigenvalue weighted by molar-refractivity contribution is -0.148. The van der Waals surface area contributed by atoms with Gasteiger partial charge in [-0.1, -0.05) is 24.3 Å². The Morgan fingerprint density at radius 3 is 2.50 bits per heavy atom. The molecule has 0 fully saturated rings. The Morgan fingerprint density at radius 2 is 1.91 bits per heavy atom. The summed E-state index contributed by atoms with van der Waals surface area (Å²) in [6.45, 7) is 0. The summed E-state index contributed by atoms with van der Waals surface area (Å²) < 4.78 is 3.40. The molecule has 3 heterocycles. The first-order valence-corrected chi connectivity index (χ1v) is 7.01. The molecule has 5 rings (SSSR count). The van der Waals surface area contributed by atoms with E-state index < -0.39 is 22.9 Å². The van der Waals surface area contributed by atoms with Crippen LogP contribution >= 0.6 is 0 Å². The molecule has 2 bridgehead atoms. The van der Waals surface area contributed by atoms with E-state index in [1.807, 2.05) is 0 Å². The van der Waals surface area contributed by atoms with Crippen molar-refractivity contribution >= 4 is 5.97 Å². The number of allylic oxidation sites excluding steroid dienone is 1. The minimum atomic E-state index is -1.47. The Balaban J connectivity index is 2.09. The maximum Gasteiger partial charge on any atom is 0.353 e. The fourth-order valence-electron chi connectivity index (χ4n) is 3.37. The molecule has 2 atom stereocenters. The summed E-state index contributed by atoms with van der Waals surface area (Å²) in [6, 6.07) is 8.26. The molecule has 3 aliphatic rings. The molecule has 0 saturated heterocycles. The Labute approximate surface area is 124 Å². The van der Waals surface area contributed by atoms with Crippen LogP contribution in [0.5, 0.6) is 0 Å². The lowest BCUT2D eigenvalue weighted by Gasteiger charge is -2.40. The van der Waals surface area contributed by atoms with Crippen molar-refractivity contribution in [1.82, 2.24) is 13.9 Å². The van der Waals surface area contributed by atoms with Crippen LogP contribution in [0.25, 0.3) is 5.69 Å². The fraction of sp³-hybridized carbons (Fsp3) is 0.267. The van der Waals surface area contributed by atoms with Gasteiger partial charge in [0.2, 0.25) is 0 Å². The van der Waals surface area contributed by atoms with Gasteiger partial charge < -0.3 is 5.11 Å². The van der Waals surface area contributed by atoms with Crippen LogP contribution in [0.15, 0.2) is 52.1 Å².